The van der Waals surface area contributed by atoms with Crippen LogP contribution < -0.4 is 4.90 Å². The van der Waals surface area contributed by atoms with Gasteiger partial charge in [-0.15, -0.1) is 0 Å². The normalized spacial score (nSPS) is 16.8. The van der Waals surface area contributed by atoms with Crippen molar-refractivity contribution in [3.05, 3.63) is 48.2 Å². The molecule has 0 atom stereocenters. The Morgan fingerprint density at radius 3 is 2.52 bits per heavy atom. The standard InChI is InChI=1S/C17H21FN4O2S/c1-13-11-17(20-12-19-13)21(2)14-7-9-22(10-8-14)25(23,24)16-6-4-3-5-15(16)18/h3-6,11-12,14H,7-10H2,1-2H3. The van der Waals surface area contributed by atoms with Crippen LogP contribution in [0.15, 0.2) is 41.6 Å². The fraction of sp³-hybridized carbons (Fsp3) is 0.412. The highest BCUT2D eigenvalue weighted by Crippen LogP contribution is 2.26. The molecule has 3 rings (SSSR count). The molecule has 6 nitrogen and oxygen atoms in total. The second kappa shape index (κ2) is 7.05. The van der Waals surface area contributed by atoms with Crippen molar-refractivity contribution in [2.24, 2.45) is 0 Å². The lowest BCUT2D eigenvalue weighted by atomic mass is 10.1. The third kappa shape index (κ3) is 3.64. The number of benzene rings is 1. The van der Waals surface area contributed by atoms with Crippen molar-refractivity contribution in [2.75, 3.05) is 25.0 Å². The predicted molar refractivity (Wildman–Crippen MR) is 93.4 cm³/mol. The van der Waals surface area contributed by atoms with E-state index in [4.69, 9.17) is 0 Å². The summed E-state index contributed by atoms with van der Waals surface area (Å²) in [5, 5.41) is 0. The Labute approximate surface area is 147 Å². The largest absolute Gasteiger partial charge is 0.356 e. The third-order valence-electron chi connectivity index (χ3n) is 4.58. The Kier molecular flexibility index (Phi) is 5.01. The van der Waals surface area contributed by atoms with Crippen LogP contribution in [0.1, 0.15) is 18.5 Å². The van der Waals surface area contributed by atoms with Crippen LogP contribution in [-0.2, 0) is 10.0 Å². The van der Waals surface area contributed by atoms with Crippen LogP contribution >= 0.6 is 0 Å². The van der Waals surface area contributed by atoms with Crippen molar-refractivity contribution in [3.63, 3.8) is 0 Å². The van der Waals surface area contributed by atoms with Gasteiger partial charge in [-0.2, -0.15) is 4.31 Å². The van der Waals surface area contributed by atoms with Gasteiger partial charge < -0.3 is 4.90 Å². The Bertz CT molecular complexity index is 851. The molecule has 0 bridgehead atoms. The SMILES string of the molecule is Cc1cc(N(C)C2CCN(S(=O)(=O)c3ccccc3F)CC2)ncn1. The molecule has 25 heavy (non-hydrogen) atoms. The summed E-state index contributed by atoms with van der Waals surface area (Å²) in [7, 11) is -1.85. The number of hydrogen-bond acceptors (Lipinski definition) is 5. The van der Waals surface area contributed by atoms with Crippen molar-refractivity contribution in [2.45, 2.75) is 30.7 Å². The summed E-state index contributed by atoms with van der Waals surface area (Å²) in [6, 6.07) is 7.59. The zero-order chi connectivity index (χ0) is 18.0. The molecule has 0 spiro atoms. The van der Waals surface area contributed by atoms with Crippen LogP contribution in [0.2, 0.25) is 0 Å². The molecule has 1 aromatic heterocycles. The topological polar surface area (TPSA) is 66.4 Å². The highest BCUT2D eigenvalue weighted by atomic mass is 32.2. The van der Waals surface area contributed by atoms with E-state index in [0.717, 1.165) is 11.5 Å². The van der Waals surface area contributed by atoms with Crippen molar-refractivity contribution in [1.29, 1.82) is 0 Å². The molecule has 1 aliphatic heterocycles. The lowest BCUT2D eigenvalue weighted by Crippen LogP contribution is -2.46. The van der Waals surface area contributed by atoms with Gasteiger partial charge in [0.15, 0.2) is 0 Å². The quantitative estimate of drug-likeness (QED) is 0.832. The highest BCUT2D eigenvalue weighted by Gasteiger charge is 2.32. The van der Waals surface area contributed by atoms with E-state index < -0.39 is 15.8 Å². The van der Waals surface area contributed by atoms with E-state index >= 15 is 0 Å². The maximum absolute atomic E-state index is 13.9. The van der Waals surface area contributed by atoms with E-state index in [0.29, 0.717) is 25.9 Å². The van der Waals surface area contributed by atoms with Gasteiger partial charge in [-0.25, -0.2) is 22.8 Å². The van der Waals surface area contributed by atoms with Crippen LogP contribution in [0.5, 0.6) is 0 Å². The average Bonchev–Trinajstić information content (AvgIpc) is 2.61. The molecule has 0 saturated carbocycles. The smallest absolute Gasteiger partial charge is 0.245 e. The first kappa shape index (κ1) is 17.8. The maximum Gasteiger partial charge on any atom is 0.245 e. The van der Waals surface area contributed by atoms with Crippen LogP contribution in [0, 0.1) is 12.7 Å². The molecule has 0 aliphatic carbocycles. The Morgan fingerprint density at radius 2 is 1.88 bits per heavy atom. The third-order valence-corrected chi connectivity index (χ3v) is 6.51. The lowest BCUT2D eigenvalue weighted by molar-refractivity contribution is 0.313. The van der Waals surface area contributed by atoms with Gasteiger partial charge >= 0.3 is 0 Å². The summed E-state index contributed by atoms with van der Waals surface area (Å²) < 4.78 is 40.5. The van der Waals surface area contributed by atoms with Gasteiger partial charge in [-0.3, -0.25) is 0 Å². The molecule has 0 unspecified atom stereocenters. The second-order valence-corrected chi connectivity index (χ2v) is 8.10. The number of aromatic nitrogens is 2. The summed E-state index contributed by atoms with van der Waals surface area (Å²) >= 11 is 0. The number of piperidine rings is 1. The van der Waals surface area contributed by atoms with Crippen LogP contribution in [0.3, 0.4) is 0 Å². The minimum Gasteiger partial charge on any atom is -0.356 e. The van der Waals surface area contributed by atoms with Gasteiger partial charge in [0, 0.05) is 37.9 Å². The minimum absolute atomic E-state index is 0.182. The van der Waals surface area contributed by atoms with Crippen LogP contribution in [-0.4, -0.2) is 48.9 Å². The Morgan fingerprint density at radius 1 is 1.20 bits per heavy atom. The molecule has 2 heterocycles. The summed E-state index contributed by atoms with van der Waals surface area (Å²) in [6.07, 6.45) is 2.85. The molecule has 134 valence electrons. The molecule has 1 saturated heterocycles. The lowest BCUT2D eigenvalue weighted by Gasteiger charge is -2.36. The summed E-state index contributed by atoms with van der Waals surface area (Å²) in [6.45, 7) is 2.62. The molecular formula is C17H21FN4O2S. The molecule has 8 heteroatoms. The van der Waals surface area contributed by atoms with Gasteiger partial charge in [0.2, 0.25) is 10.0 Å². The maximum atomic E-state index is 13.9. The highest BCUT2D eigenvalue weighted by molar-refractivity contribution is 7.89. The van der Waals surface area contributed by atoms with Gasteiger partial charge in [0.05, 0.1) is 0 Å². The Balaban J connectivity index is 1.70. The monoisotopic (exact) mass is 364 g/mol. The van der Waals surface area contributed by atoms with Gasteiger partial charge in [-0.1, -0.05) is 12.1 Å². The van der Waals surface area contributed by atoms with Crippen LogP contribution in [0.4, 0.5) is 10.2 Å². The second-order valence-electron chi connectivity index (χ2n) is 6.19. The van der Waals surface area contributed by atoms with E-state index in [2.05, 4.69) is 14.9 Å². The number of rotatable bonds is 4. The fourth-order valence-corrected chi connectivity index (χ4v) is 4.62. The van der Waals surface area contributed by atoms with Gasteiger partial charge in [0.25, 0.3) is 0 Å². The minimum atomic E-state index is -3.80. The van der Waals surface area contributed by atoms with Gasteiger partial charge in [0.1, 0.15) is 22.9 Å². The van der Waals surface area contributed by atoms with Crippen molar-refractivity contribution in [1.82, 2.24) is 14.3 Å². The zero-order valence-electron chi connectivity index (χ0n) is 14.3. The first-order valence-electron chi connectivity index (χ1n) is 8.16. The number of anilines is 1. The van der Waals surface area contributed by atoms with E-state index in [1.807, 2.05) is 20.0 Å². The number of halogens is 1. The predicted octanol–water partition coefficient (Wildman–Crippen LogP) is 2.21. The molecule has 0 N–H and O–H groups in total. The van der Waals surface area contributed by atoms with E-state index in [-0.39, 0.29) is 10.9 Å². The molecular weight excluding hydrogens is 343 g/mol. The Hall–Kier alpha value is -2.06. The molecule has 0 radical (unpaired) electrons. The number of nitrogens with zero attached hydrogens (tertiary/aromatic N) is 4. The summed E-state index contributed by atoms with van der Waals surface area (Å²) in [5.41, 5.74) is 0.886. The first-order valence-corrected chi connectivity index (χ1v) is 9.60. The summed E-state index contributed by atoms with van der Waals surface area (Å²) in [4.78, 5) is 10.2. The molecule has 2 aromatic rings. The first-order chi connectivity index (χ1) is 11.9. The van der Waals surface area contributed by atoms with E-state index in [9.17, 15) is 12.8 Å². The fourth-order valence-electron chi connectivity index (χ4n) is 3.08. The molecule has 1 aromatic carbocycles. The molecule has 1 aliphatic rings. The molecule has 0 amide bonds. The van der Waals surface area contributed by atoms with E-state index in [1.165, 1.54) is 34.9 Å². The zero-order valence-corrected chi connectivity index (χ0v) is 15.1. The number of aryl methyl sites for hydroxylation is 1. The van der Waals surface area contributed by atoms with Crippen molar-refractivity contribution >= 4 is 15.8 Å². The average molecular weight is 364 g/mol. The summed E-state index contributed by atoms with van der Waals surface area (Å²) in [5.74, 6) is 0.112. The van der Waals surface area contributed by atoms with Crippen molar-refractivity contribution < 1.29 is 12.8 Å². The van der Waals surface area contributed by atoms with E-state index in [1.54, 1.807) is 0 Å². The number of hydrogen-bond donors (Lipinski definition) is 0. The van der Waals surface area contributed by atoms with Crippen molar-refractivity contribution in [3.8, 4) is 0 Å². The van der Waals surface area contributed by atoms with Crippen LogP contribution in [0.25, 0.3) is 0 Å². The van der Waals surface area contributed by atoms with Gasteiger partial charge in [-0.05, 0) is 31.9 Å². The number of sulfonamides is 1. The molecule has 1 fully saturated rings.